The molecule has 0 saturated carbocycles. The number of carbonyl (C=O) groups is 1. The number of hydrogen-bond acceptors (Lipinski definition) is 4. The molecule has 5 N–H and O–H groups in total. The summed E-state index contributed by atoms with van der Waals surface area (Å²) in [5, 5.41) is 9.58. The Morgan fingerprint density at radius 3 is 2.52 bits per heavy atom. The van der Waals surface area contributed by atoms with E-state index >= 15 is 0 Å². The molecular formula is C13H20N4O3S. The van der Waals surface area contributed by atoms with Gasteiger partial charge in [0.2, 0.25) is 10.0 Å². The summed E-state index contributed by atoms with van der Waals surface area (Å²) >= 11 is 0. The Morgan fingerprint density at radius 2 is 2.00 bits per heavy atom. The van der Waals surface area contributed by atoms with E-state index in [0.717, 1.165) is 5.56 Å². The Morgan fingerprint density at radius 1 is 1.38 bits per heavy atom. The molecule has 0 radical (unpaired) electrons. The third-order valence-corrected chi connectivity index (χ3v) is 4.32. The van der Waals surface area contributed by atoms with Gasteiger partial charge in [0.1, 0.15) is 6.29 Å². The fraction of sp³-hybridized carbons (Fsp3) is 0.385. The van der Waals surface area contributed by atoms with E-state index in [1.54, 1.807) is 12.1 Å². The highest BCUT2D eigenvalue weighted by Crippen LogP contribution is 2.11. The monoisotopic (exact) mass is 312 g/mol. The predicted octanol–water partition coefficient (Wildman–Crippen LogP) is 0.104. The molecule has 1 aromatic carbocycles. The van der Waals surface area contributed by atoms with Gasteiger partial charge in [0, 0.05) is 6.54 Å². The molecule has 0 fully saturated rings. The van der Waals surface area contributed by atoms with E-state index in [4.69, 9.17) is 11.1 Å². The summed E-state index contributed by atoms with van der Waals surface area (Å²) in [6.07, 6.45) is 1.41. The van der Waals surface area contributed by atoms with Crippen LogP contribution in [0.4, 0.5) is 0 Å². The smallest absolute Gasteiger partial charge is 0.241 e. The van der Waals surface area contributed by atoms with Crippen molar-refractivity contribution >= 4 is 22.3 Å². The minimum atomic E-state index is -3.71. The fourth-order valence-corrected chi connectivity index (χ4v) is 2.89. The second kappa shape index (κ2) is 7.75. The van der Waals surface area contributed by atoms with Gasteiger partial charge >= 0.3 is 0 Å². The van der Waals surface area contributed by atoms with Crippen LogP contribution in [0.2, 0.25) is 0 Å². The third kappa shape index (κ3) is 5.92. The zero-order valence-corrected chi connectivity index (χ0v) is 12.6. The average molecular weight is 312 g/mol. The Hall–Kier alpha value is -1.93. The zero-order valence-electron chi connectivity index (χ0n) is 11.8. The lowest BCUT2D eigenvalue weighted by Gasteiger charge is -2.13. The highest BCUT2D eigenvalue weighted by Gasteiger charge is 2.19. The van der Waals surface area contributed by atoms with Crippen molar-refractivity contribution in [2.24, 2.45) is 5.73 Å². The van der Waals surface area contributed by atoms with E-state index < -0.39 is 16.1 Å². The number of carbonyl (C=O) groups excluding carboxylic acids is 1. The van der Waals surface area contributed by atoms with Crippen LogP contribution in [0.3, 0.4) is 0 Å². The second-order valence-corrected chi connectivity index (χ2v) is 6.37. The minimum absolute atomic E-state index is 0.127. The first-order chi connectivity index (χ1) is 9.85. The molecule has 0 spiro atoms. The SMILES string of the molecule is Cc1ccc(S(=O)(=O)N[C@H](C=O)CCCNC(=N)N)cc1. The standard InChI is InChI=1S/C13H20N4O3S/c1-10-4-6-12(7-5-10)21(19,20)17-11(9-18)3-2-8-16-13(14)15/h4-7,9,11,17H,2-3,8H2,1H3,(H4,14,15,16)/t11-/m0/s1. The van der Waals surface area contributed by atoms with Crippen molar-refractivity contribution in [3.63, 3.8) is 0 Å². The number of rotatable bonds is 8. The molecule has 7 nitrogen and oxygen atoms in total. The first-order valence-corrected chi connectivity index (χ1v) is 7.95. The van der Waals surface area contributed by atoms with Crippen molar-refractivity contribution in [2.45, 2.75) is 30.7 Å². The molecule has 1 atom stereocenters. The highest BCUT2D eigenvalue weighted by atomic mass is 32.2. The summed E-state index contributed by atoms with van der Waals surface area (Å²) in [5.41, 5.74) is 6.08. The van der Waals surface area contributed by atoms with Crippen LogP contribution >= 0.6 is 0 Å². The first-order valence-electron chi connectivity index (χ1n) is 6.47. The van der Waals surface area contributed by atoms with Gasteiger partial charge in [0.05, 0.1) is 10.9 Å². The molecule has 0 aliphatic carbocycles. The second-order valence-electron chi connectivity index (χ2n) is 4.66. The van der Waals surface area contributed by atoms with E-state index in [0.29, 0.717) is 25.7 Å². The summed E-state index contributed by atoms with van der Waals surface area (Å²) < 4.78 is 26.6. The maximum absolute atomic E-state index is 12.1. The van der Waals surface area contributed by atoms with Gasteiger partial charge in [-0.05, 0) is 31.9 Å². The molecule has 0 aromatic heterocycles. The molecule has 116 valence electrons. The number of sulfonamides is 1. The molecule has 21 heavy (non-hydrogen) atoms. The number of guanidine groups is 1. The van der Waals surface area contributed by atoms with E-state index in [2.05, 4.69) is 10.0 Å². The Kier molecular flexibility index (Phi) is 6.32. The lowest BCUT2D eigenvalue weighted by molar-refractivity contribution is -0.109. The van der Waals surface area contributed by atoms with Crippen molar-refractivity contribution in [2.75, 3.05) is 6.54 Å². The summed E-state index contributed by atoms with van der Waals surface area (Å²) in [4.78, 5) is 11.1. The number of benzene rings is 1. The van der Waals surface area contributed by atoms with Crippen molar-refractivity contribution < 1.29 is 13.2 Å². The van der Waals surface area contributed by atoms with E-state index in [-0.39, 0.29) is 10.9 Å². The van der Waals surface area contributed by atoms with E-state index in [1.165, 1.54) is 12.1 Å². The number of nitrogens with two attached hydrogens (primary N) is 1. The third-order valence-electron chi connectivity index (χ3n) is 2.81. The molecule has 0 unspecified atom stereocenters. The van der Waals surface area contributed by atoms with Crippen LogP contribution in [0.1, 0.15) is 18.4 Å². The minimum Gasteiger partial charge on any atom is -0.370 e. The summed E-state index contributed by atoms with van der Waals surface area (Å²) in [5.74, 6) is -0.155. The largest absolute Gasteiger partial charge is 0.370 e. The maximum Gasteiger partial charge on any atom is 0.241 e. The van der Waals surface area contributed by atoms with Crippen LogP contribution in [0.15, 0.2) is 29.2 Å². The molecular weight excluding hydrogens is 292 g/mol. The van der Waals surface area contributed by atoms with Crippen LogP contribution in [-0.2, 0) is 14.8 Å². The normalized spacial score (nSPS) is 12.6. The topological polar surface area (TPSA) is 125 Å². The molecule has 1 aromatic rings. The van der Waals surface area contributed by atoms with Gasteiger partial charge < -0.3 is 15.8 Å². The van der Waals surface area contributed by atoms with Crippen LogP contribution in [0, 0.1) is 12.3 Å². The Labute approximate surface area is 124 Å². The lowest BCUT2D eigenvalue weighted by atomic mass is 10.2. The lowest BCUT2D eigenvalue weighted by Crippen LogP contribution is -2.37. The van der Waals surface area contributed by atoms with Crippen LogP contribution in [0.25, 0.3) is 0 Å². The first kappa shape index (κ1) is 17.1. The van der Waals surface area contributed by atoms with E-state index in [9.17, 15) is 13.2 Å². The maximum atomic E-state index is 12.1. The molecule has 0 saturated heterocycles. The molecule has 1 rings (SSSR count). The summed E-state index contributed by atoms with van der Waals surface area (Å²) in [6, 6.07) is 5.58. The molecule has 0 aliphatic heterocycles. The van der Waals surface area contributed by atoms with Gasteiger partial charge in [-0.1, -0.05) is 17.7 Å². The van der Waals surface area contributed by atoms with Crippen LogP contribution in [-0.4, -0.2) is 33.3 Å². The van der Waals surface area contributed by atoms with Gasteiger partial charge in [0.15, 0.2) is 5.96 Å². The molecule has 0 amide bonds. The van der Waals surface area contributed by atoms with Crippen molar-refractivity contribution in [1.82, 2.24) is 10.0 Å². The van der Waals surface area contributed by atoms with Crippen molar-refractivity contribution in [1.29, 1.82) is 5.41 Å². The van der Waals surface area contributed by atoms with Crippen molar-refractivity contribution in [3.05, 3.63) is 29.8 Å². The van der Waals surface area contributed by atoms with Gasteiger partial charge in [-0.2, -0.15) is 0 Å². The number of hydrogen-bond donors (Lipinski definition) is 4. The van der Waals surface area contributed by atoms with Gasteiger partial charge in [-0.25, -0.2) is 13.1 Å². The van der Waals surface area contributed by atoms with Crippen molar-refractivity contribution in [3.8, 4) is 0 Å². The summed E-state index contributed by atoms with van der Waals surface area (Å²) in [7, 11) is -3.71. The highest BCUT2D eigenvalue weighted by molar-refractivity contribution is 7.89. The fourth-order valence-electron chi connectivity index (χ4n) is 1.68. The Bertz CT molecular complexity index is 584. The van der Waals surface area contributed by atoms with Gasteiger partial charge in [-0.3, -0.25) is 5.41 Å². The Balaban J connectivity index is 2.60. The number of aldehydes is 1. The predicted molar refractivity (Wildman–Crippen MR) is 80.5 cm³/mol. The number of aryl methyl sites for hydroxylation is 1. The summed E-state index contributed by atoms with van der Waals surface area (Å²) in [6.45, 7) is 2.27. The number of nitrogens with one attached hydrogen (secondary N) is 3. The van der Waals surface area contributed by atoms with Gasteiger partial charge in [-0.15, -0.1) is 0 Å². The van der Waals surface area contributed by atoms with Crippen LogP contribution < -0.4 is 15.8 Å². The van der Waals surface area contributed by atoms with E-state index in [1.807, 2.05) is 6.92 Å². The average Bonchev–Trinajstić information content (AvgIpc) is 2.42. The zero-order chi connectivity index (χ0) is 15.9. The molecule has 0 bridgehead atoms. The van der Waals surface area contributed by atoms with Crippen LogP contribution in [0.5, 0.6) is 0 Å². The quantitative estimate of drug-likeness (QED) is 0.234. The molecule has 0 heterocycles. The molecule has 0 aliphatic rings. The van der Waals surface area contributed by atoms with Gasteiger partial charge in [0.25, 0.3) is 0 Å². The molecule has 8 heteroatoms.